The van der Waals surface area contributed by atoms with Crippen molar-refractivity contribution in [3.8, 4) is 0 Å². The van der Waals surface area contributed by atoms with E-state index in [9.17, 15) is 23.5 Å². The topological polar surface area (TPSA) is 72.8 Å². The number of hydrogen-bond acceptors (Lipinski definition) is 5. The summed E-state index contributed by atoms with van der Waals surface area (Å²) in [4.78, 5) is 23.8. The summed E-state index contributed by atoms with van der Waals surface area (Å²) in [6.45, 7) is 2.68. The highest BCUT2D eigenvalue weighted by Crippen LogP contribution is 2.60. The second kappa shape index (κ2) is 6.43. The average molecular weight is 374 g/mol. The molecule has 4 bridgehead atoms. The monoisotopic (exact) mass is 374 g/mol. The van der Waals surface area contributed by atoms with Crippen LogP contribution in [0, 0.1) is 23.7 Å². The lowest BCUT2D eigenvalue weighted by atomic mass is 9.49. The van der Waals surface area contributed by atoms with Crippen LogP contribution in [0.15, 0.2) is 0 Å². The number of carbonyl (C=O) groups excluding carboxylic acids is 2. The first-order valence-corrected chi connectivity index (χ1v) is 9.48. The van der Waals surface area contributed by atoms with Crippen LogP contribution in [0.3, 0.4) is 0 Å². The van der Waals surface area contributed by atoms with Gasteiger partial charge in [-0.3, -0.25) is 0 Å². The van der Waals surface area contributed by atoms with E-state index in [0.717, 1.165) is 32.6 Å². The highest BCUT2D eigenvalue weighted by molar-refractivity contribution is 5.81. The van der Waals surface area contributed by atoms with E-state index in [1.165, 1.54) is 6.42 Å². The maximum absolute atomic E-state index is 12.9. The predicted molar refractivity (Wildman–Crippen MR) is 88.4 cm³/mol. The van der Waals surface area contributed by atoms with Crippen molar-refractivity contribution in [2.24, 2.45) is 23.7 Å². The smallest absolute Gasteiger partial charge is 0.376 e. The zero-order chi connectivity index (χ0) is 19.3. The number of ether oxygens (including phenoxy) is 2. The van der Waals surface area contributed by atoms with Gasteiger partial charge in [0.2, 0.25) is 0 Å². The van der Waals surface area contributed by atoms with Crippen LogP contribution in [0.2, 0.25) is 0 Å². The Kier molecular flexibility index (Phi) is 4.83. The SMILES string of the molecule is CCC1(OC(=O)C(C)(O)COC(=O)C(C)(F)F)C2CC3CC(C2)CC1C3. The third-order valence-corrected chi connectivity index (χ3v) is 6.64. The summed E-state index contributed by atoms with van der Waals surface area (Å²) in [5.74, 6) is -4.39. The van der Waals surface area contributed by atoms with Crippen LogP contribution in [0.4, 0.5) is 8.78 Å². The van der Waals surface area contributed by atoms with Gasteiger partial charge in [-0.05, 0) is 69.1 Å². The van der Waals surface area contributed by atoms with Crippen LogP contribution < -0.4 is 0 Å². The lowest BCUT2D eigenvalue weighted by Gasteiger charge is -2.60. The van der Waals surface area contributed by atoms with Gasteiger partial charge in [-0.1, -0.05) is 6.92 Å². The van der Waals surface area contributed by atoms with Gasteiger partial charge in [0, 0.05) is 6.92 Å². The molecule has 1 atom stereocenters. The minimum atomic E-state index is -3.67. The molecule has 7 heteroatoms. The third-order valence-electron chi connectivity index (χ3n) is 6.64. The molecule has 0 spiro atoms. The van der Waals surface area contributed by atoms with Crippen molar-refractivity contribution in [2.45, 2.75) is 76.4 Å². The number of aliphatic hydroxyl groups is 1. The van der Waals surface area contributed by atoms with Gasteiger partial charge in [0.1, 0.15) is 12.2 Å². The highest BCUT2D eigenvalue weighted by atomic mass is 19.3. The Morgan fingerprint density at radius 3 is 1.96 bits per heavy atom. The molecule has 0 saturated heterocycles. The number of halogens is 2. The van der Waals surface area contributed by atoms with Crippen LogP contribution >= 0.6 is 0 Å². The Balaban J connectivity index is 1.68. The second-order valence-electron chi connectivity index (χ2n) is 8.74. The molecule has 4 rings (SSSR count). The molecule has 4 aliphatic carbocycles. The van der Waals surface area contributed by atoms with E-state index in [1.54, 1.807) is 0 Å². The quantitative estimate of drug-likeness (QED) is 0.724. The third kappa shape index (κ3) is 3.35. The fourth-order valence-electron chi connectivity index (χ4n) is 5.47. The van der Waals surface area contributed by atoms with E-state index in [2.05, 4.69) is 4.74 Å². The summed E-state index contributed by atoms with van der Waals surface area (Å²) in [6.07, 6.45) is 6.07. The van der Waals surface area contributed by atoms with Crippen molar-refractivity contribution in [3.05, 3.63) is 0 Å². The zero-order valence-corrected chi connectivity index (χ0v) is 15.6. The fourth-order valence-corrected chi connectivity index (χ4v) is 5.47. The molecule has 0 radical (unpaired) electrons. The first kappa shape index (κ1) is 19.5. The highest BCUT2D eigenvalue weighted by Gasteiger charge is 2.59. The lowest BCUT2D eigenvalue weighted by Crippen LogP contribution is -2.61. The van der Waals surface area contributed by atoms with Gasteiger partial charge in [-0.2, -0.15) is 8.78 Å². The van der Waals surface area contributed by atoms with Gasteiger partial charge in [-0.15, -0.1) is 0 Å². The van der Waals surface area contributed by atoms with E-state index in [-0.39, 0.29) is 11.8 Å². The minimum Gasteiger partial charge on any atom is -0.458 e. The minimum absolute atomic E-state index is 0.283. The molecular weight excluding hydrogens is 346 g/mol. The summed E-state index contributed by atoms with van der Waals surface area (Å²) in [5.41, 5.74) is -2.76. The Morgan fingerprint density at radius 2 is 1.54 bits per heavy atom. The zero-order valence-electron chi connectivity index (χ0n) is 15.6. The number of rotatable bonds is 6. The molecule has 4 aliphatic rings. The van der Waals surface area contributed by atoms with E-state index >= 15 is 0 Å². The van der Waals surface area contributed by atoms with Gasteiger partial charge >= 0.3 is 17.9 Å². The van der Waals surface area contributed by atoms with Gasteiger partial charge < -0.3 is 14.6 Å². The molecule has 1 unspecified atom stereocenters. The number of hydrogen-bond donors (Lipinski definition) is 1. The Labute approximate surface area is 152 Å². The molecule has 5 nitrogen and oxygen atoms in total. The molecule has 1 N–H and O–H groups in total. The molecule has 0 aromatic carbocycles. The summed E-state index contributed by atoms with van der Waals surface area (Å²) in [6, 6.07) is 0. The largest absolute Gasteiger partial charge is 0.458 e. The predicted octanol–water partition coefficient (Wildman–Crippen LogP) is 3.08. The summed E-state index contributed by atoms with van der Waals surface area (Å²) >= 11 is 0. The van der Waals surface area contributed by atoms with Crippen LogP contribution in [0.1, 0.15) is 59.3 Å². The Hall–Kier alpha value is -1.24. The fraction of sp³-hybridized carbons (Fsp3) is 0.895. The van der Waals surface area contributed by atoms with Crippen LogP contribution in [0.25, 0.3) is 0 Å². The first-order chi connectivity index (χ1) is 12.0. The van der Waals surface area contributed by atoms with E-state index in [0.29, 0.717) is 25.2 Å². The molecule has 148 valence electrons. The second-order valence-corrected chi connectivity index (χ2v) is 8.74. The standard InChI is InChI=1S/C19H28F2O5/c1-4-19(13-6-11-5-12(8-13)9-14(19)7-11)26-15(22)17(2,24)10-25-16(23)18(3,20)21/h11-14,24H,4-10H2,1-3H3. The van der Waals surface area contributed by atoms with Crippen molar-refractivity contribution in [3.63, 3.8) is 0 Å². The maximum Gasteiger partial charge on any atom is 0.376 e. The van der Waals surface area contributed by atoms with Crippen LogP contribution in [-0.4, -0.2) is 40.8 Å². The number of esters is 2. The van der Waals surface area contributed by atoms with Crippen LogP contribution in [0.5, 0.6) is 0 Å². The Morgan fingerprint density at radius 1 is 1.04 bits per heavy atom. The van der Waals surface area contributed by atoms with Gasteiger partial charge in [0.05, 0.1) is 0 Å². The molecule has 0 heterocycles. The van der Waals surface area contributed by atoms with Crippen molar-refractivity contribution in [1.29, 1.82) is 0 Å². The van der Waals surface area contributed by atoms with Crippen molar-refractivity contribution < 1.29 is 33.0 Å². The van der Waals surface area contributed by atoms with Crippen LogP contribution in [-0.2, 0) is 19.1 Å². The number of carbonyl (C=O) groups is 2. The molecule has 0 aromatic heterocycles. The summed E-state index contributed by atoms with van der Waals surface area (Å²) in [7, 11) is 0. The van der Waals surface area contributed by atoms with Crippen molar-refractivity contribution in [1.82, 2.24) is 0 Å². The molecular formula is C19H28F2O5. The van der Waals surface area contributed by atoms with Crippen molar-refractivity contribution in [2.75, 3.05) is 6.61 Å². The van der Waals surface area contributed by atoms with Gasteiger partial charge in [0.25, 0.3) is 0 Å². The van der Waals surface area contributed by atoms with Gasteiger partial charge in [0.15, 0.2) is 5.60 Å². The summed E-state index contributed by atoms with van der Waals surface area (Å²) < 4.78 is 36.1. The molecule has 0 aromatic rings. The van der Waals surface area contributed by atoms with Gasteiger partial charge in [-0.25, -0.2) is 9.59 Å². The maximum atomic E-state index is 12.9. The molecule has 0 aliphatic heterocycles. The van der Waals surface area contributed by atoms with E-state index in [4.69, 9.17) is 4.74 Å². The van der Waals surface area contributed by atoms with Crippen molar-refractivity contribution >= 4 is 11.9 Å². The Bertz CT molecular complexity index is 553. The molecule has 26 heavy (non-hydrogen) atoms. The van der Waals surface area contributed by atoms with E-state index in [1.807, 2.05) is 6.92 Å². The summed E-state index contributed by atoms with van der Waals surface area (Å²) in [5, 5.41) is 10.4. The molecule has 4 saturated carbocycles. The number of alkyl halides is 2. The lowest BCUT2D eigenvalue weighted by molar-refractivity contribution is -0.227. The first-order valence-electron chi connectivity index (χ1n) is 9.48. The molecule has 4 fully saturated rings. The average Bonchev–Trinajstić information content (AvgIpc) is 2.54. The normalized spacial score (nSPS) is 37.9. The van der Waals surface area contributed by atoms with E-state index < -0.39 is 35.7 Å². The molecule has 0 amide bonds.